The van der Waals surface area contributed by atoms with E-state index in [9.17, 15) is 26.0 Å². The van der Waals surface area contributed by atoms with Crippen LogP contribution < -0.4 is 4.74 Å². The van der Waals surface area contributed by atoms with E-state index >= 15 is 0 Å². The molecule has 0 N–H and O–H groups in total. The Morgan fingerprint density at radius 3 is 2.44 bits per heavy atom. The van der Waals surface area contributed by atoms with Crippen LogP contribution in [0.15, 0.2) is 60.1 Å². The van der Waals surface area contributed by atoms with Crippen LogP contribution in [0.25, 0.3) is 0 Å². The van der Waals surface area contributed by atoms with Gasteiger partial charge in [-0.3, -0.25) is 0 Å². The summed E-state index contributed by atoms with van der Waals surface area (Å²) in [4.78, 5) is 7.74. The number of imidazole rings is 1. The Hall–Kier alpha value is -2.99. The number of rotatable bonds is 5. The first-order valence-electron chi connectivity index (χ1n) is 9.47. The first-order chi connectivity index (χ1) is 15.0. The summed E-state index contributed by atoms with van der Waals surface area (Å²) in [6, 6.07) is 7.02. The molecule has 7 nitrogen and oxygen atoms in total. The minimum absolute atomic E-state index is 0.0197. The molecule has 2 unspecified atom stereocenters. The molecule has 0 saturated carbocycles. The van der Waals surface area contributed by atoms with Crippen molar-refractivity contribution in [3.05, 3.63) is 72.1 Å². The minimum Gasteiger partial charge on any atom is -0.472 e. The van der Waals surface area contributed by atoms with E-state index in [1.54, 1.807) is 7.05 Å². The summed E-state index contributed by atoms with van der Waals surface area (Å²) in [6.07, 6.45) is -1.76. The highest BCUT2D eigenvalue weighted by Gasteiger charge is 2.42. The van der Waals surface area contributed by atoms with Crippen LogP contribution in [0.2, 0.25) is 0 Å². The van der Waals surface area contributed by atoms with E-state index in [1.165, 1.54) is 41.4 Å². The Morgan fingerprint density at radius 1 is 1.09 bits per heavy atom. The summed E-state index contributed by atoms with van der Waals surface area (Å²) in [5.41, 5.74) is -0.348. The topological polar surface area (TPSA) is 77.3 Å². The number of hydrogen-bond acceptors (Lipinski definition) is 5. The van der Waals surface area contributed by atoms with Gasteiger partial charge in [-0.2, -0.15) is 17.5 Å². The van der Waals surface area contributed by atoms with Crippen molar-refractivity contribution < 1.29 is 30.7 Å². The average Bonchev–Trinajstić information content (AvgIpc) is 3.36. The van der Waals surface area contributed by atoms with Crippen LogP contribution in [-0.2, 0) is 23.2 Å². The number of halogens is 4. The molecule has 0 bridgehead atoms. The summed E-state index contributed by atoms with van der Waals surface area (Å²) in [6.45, 7) is -0.160. The number of aromatic nitrogens is 3. The van der Waals surface area contributed by atoms with Crippen LogP contribution in [0.3, 0.4) is 0 Å². The number of nitrogens with zero attached hydrogens (tertiary/aromatic N) is 4. The van der Waals surface area contributed by atoms with E-state index in [2.05, 4.69) is 9.97 Å². The van der Waals surface area contributed by atoms with Gasteiger partial charge in [-0.05, 0) is 23.8 Å². The molecule has 1 aliphatic heterocycles. The third kappa shape index (κ3) is 4.46. The largest absolute Gasteiger partial charge is 0.472 e. The number of sulfonamides is 1. The average molecular weight is 470 g/mol. The molecule has 32 heavy (non-hydrogen) atoms. The van der Waals surface area contributed by atoms with Gasteiger partial charge in [-0.15, -0.1) is 0 Å². The molecule has 0 amide bonds. The molecule has 1 aromatic carbocycles. The number of aryl methyl sites for hydroxylation is 1. The summed E-state index contributed by atoms with van der Waals surface area (Å²) in [5.74, 6) is -1.32. The number of alkyl halides is 3. The summed E-state index contributed by atoms with van der Waals surface area (Å²) >= 11 is 0. The molecule has 4 rings (SSSR count). The Morgan fingerprint density at radius 2 is 1.81 bits per heavy atom. The molecule has 2 atom stereocenters. The van der Waals surface area contributed by atoms with Crippen LogP contribution in [0.1, 0.15) is 17.0 Å². The second-order valence-electron chi connectivity index (χ2n) is 7.39. The van der Waals surface area contributed by atoms with Crippen molar-refractivity contribution in [2.45, 2.75) is 23.2 Å². The highest BCUT2D eigenvalue weighted by atomic mass is 32.2. The fourth-order valence-electron chi connectivity index (χ4n) is 3.54. The first kappa shape index (κ1) is 22.2. The lowest BCUT2D eigenvalue weighted by atomic mass is 9.96. The molecular weight excluding hydrogens is 452 g/mol. The highest BCUT2D eigenvalue weighted by molar-refractivity contribution is 7.89. The molecule has 1 saturated heterocycles. The zero-order valence-electron chi connectivity index (χ0n) is 16.7. The number of ether oxygens (including phenoxy) is 1. The molecule has 3 aromatic rings. The third-order valence-electron chi connectivity index (χ3n) is 5.15. The van der Waals surface area contributed by atoms with E-state index in [1.807, 2.05) is 0 Å². The van der Waals surface area contributed by atoms with Crippen LogP contribution in [0, 0.1) is 5.82 Å². The SMILES string of the molecule is Cn1cnc(S(=O)(=O)N2CC(Oc3cc(C(F)(F)F)ccn3)C(c3ccc(F)cc3)C2)c1. The minimum atomic E-state index is -4.58. The van der Waals surface area contributed by atoms with Crippen molar-refractivity contribution >= 4 is 10.0 Å². The second-order valence-corrected chi connectivity index (χ2v) is 9.28. The second kappa shape index (κ2) is 8.17. The number of pyridine rings is 1. The standard InChI is InChI=1S/C20H18F4N4O3S/c1-27-11-19(26-12-27)32(29,30)28-9-16(13-2-4-15(21)5-3-13)17(10-28)31-18-8-14(6-7-25-18)20(22,23)24/h2-8,11-12,16-17H,9-10H2,1H3. The molecular formula is C20H18F4N4O3S. The lowest BCUT2D eigenvalue weighted by Crippen LogP contribution is -2.31. The van der Waals surface area contributed by atoms with E-state index in [-0.39, 0.29) is 24.0 Å². The van der Waals surface area contributed by atoms with Gasteiger partial charge in [-0.1, -0.05) is 12.1 Å². The fraction of sp³-hybridized carbons (Fsp3) is 0.300. The van der Waals surface area contributed by atoms with Crippen molar-refractivity contribution in [2.24, 2.45) is 7.05 Å². The normalized spacial score (nSPS) is 19.9. The van der Waals surface area contributed by atoms with Crippen molar-refractivity contribution in [1.82, 2.24) is 18.8 Å². The molecule has 3 heterocycles. The Kier molecular flexibility index (Phi) is 5.67. The summed E-state index contributed by atoms with van der Waals surface area (Å²) < 4.78 is 87.0. The van der Waals surface area contributed by atoms with Crippen molar-refractivity contribution in [3.8, 4) is 5.88 Å². The summed E-state index contributed by atoms with van der Waals surface area (Å²) in [5, 5.41) is -0.157. The maximum absolute atomic E-state index is 13.4. The monoisotopic (exact) mass is 470 g/mol. The van der Waals surface area contributed by atoms with Gasteiger partial charge >= 0.3 is 6.18 Å². The smallest absolute Gasteiger partial charge is 0.416 e. The Bertz CT molecular complexity index is 1210. The van der Waals surface area contributed by atoms with Crippen molar-refractivity contribution in [3.63, 3.8) is 0 Å². The van der Waals surface area contributed by atoms with Gasteiger partial charge in [0, 0.05) is 38.0 Å². The zero-order chi connectivity index (χ0) is 23.1. The summed E-state index contributed by atoms with van der Waals surface area (Å²) in [7, 11) is -2.35. The maximum Gasteiger partial charge on any atom is 0.416 e. The van der Waals surface area contributed by atoms with E-state index in [4.69, 9.17) is 4.74 Å². The number of benzene rings is 1. The molecule has 2 aromatic heterocycles. The van der Waals surface area contributed by atoms with Crippen LogP contribution >= 0.6 is 0 Å². The van der Waals surface area contributed by atoms with Crippen LogP contribution in [-0.4, -0.2) is 46.5 Å². The van der Waals surface area contributed by atoms with Gasteiger partial charge in [0.1, 0.15) is 11.9 Å². The molecule has 1 fully saturated rings. The number of hydrogen-bond donors (Lipinski definition) is 0. The fourth-order valence-corrected chi connectivity index (χ4v) is 4.99. The van der Waals surface area contributed by atoms with E-state index < -0.39 is 39.6 Å². The van der Waals surface area contributed by atoms with Gasteiger partial charge in [0.05, 0.1) is 18.4 Å². The molecule has 0 radical (unpaired) electrons. The lowest BCUT2D eigenvalue weighted by molar-refractivity contribution is -0.137. The molecule has 1 aliphatic rings. The van der Waals surface area contributed by atoms with E-state index in [0.29, 0.717) is 5.56 Å². The lowest BCUT2D eigenvalue weighted by Gasteiger charge is -2.20. The quantitative estimate of drug-likeness (QED) is 0.536. The highest BCUT2D eigenvalue weighted by Crippen LogP contribution is 2.35. The Labute approximate surface area is 181 Å². The van der Waals surface area contributed by atoms with Gasteiger partial charge in [-0.25, -0.2) is 22.8 Å². The van der Waals surface area contributed by atoms with Crippen molar-refractivity contribution in [1.29, 1.82) is 0 Å². The van der Waals surface area contributed by atoms with Crippen LogP contribution in [0.4, 0.5) is 17.6 Å². The third-order valence-corrected chi connectivity index (χ3v) is 6.87. The van der Waals surface area contributed by atoms with Gasteiger partial charge in [0.25, 0.3) is 10.0 Å². The van der Waals surface area contributed by atoms with Crippen LogP contribution in [0.5, 0.6) is 5.88 Å². The molecule has 12 heteroatoms. The van der Waals surface area contributed by atoms with Gasteiger partial charge < -0.3 is 9.30 Å². The zero-order valence-corrected chi connectivity index (χ0v) is 17.5. The van der Waals surface area contributed by atoms with Gasteiger partial charge in [0.2, 0.25) is 5.88 Å². The maximum atomic E-state index is 13.4. The Balaban J connectivity index is 1.66. The first-order valence-corrected chi connectivity index (χ1v) is 10.9. The van der Waals surface area contributed by atoms with Crippen molar-refractivity contribution in [2.75, 3.05) is 13.1 Å². The van der Waals surface area contributed by atoms with E-state index in [0.717, 1.165) is 22.6 Å². The molecule has 0 spiro atoms. The molecule has 170 valence electrons. The van der Waals surface area contributed by atoms with Gasteiger partial charge in [0.15, 0.2) is 5.03 Å². The predicted molar refractivity (Wildman–Crippen MR) is 105 cm³/mol. The predicted octanol–water partition coefficient (Wildman–Crippen LogP) is 3.21. The molecule has 0 aliphatic carbocycles.